The van der Waals surface area contributed by atoms with Crippen LogP contribution in [0, 0.1) is 0 Å². The summed E-state index contributed by atoms with van der Waals surface area (Å²) in [5, 5.41) is 9.26. The lowest BCUT2D eigenvalue weighted by atomic mass is 10.0. The van der Waals surface area contributed by atoms with Crippen molar-refractivity contribution in [1.29, 1.82) is 0 Å². The SMILES string of the molecule is O=C(O)CCN(C(=O)c1ccc(Br)cc1Cl)C1CCOCC1. The molecule has 0 radical (unpaired) electrons. The summed E-state index contributed by atoms with van der Waals surface area (Å²) in [4.78, 5) is 25.3. The minimum Gasteiger partial charge on any atom is -0.481 e. The van der Waals surface area contributed by atoms with Crippen LogP contribution in [0.2, 0.25) is 5.02 Å². The van der Waals surface area contributed by atoms with E-state index in [0.717, 1.165) is 4.47 Å². The van der Waals surface area contributed by atoms with Crippen LogP contribution in [0.15, 0.2) is 22.7 Å². The first kappa shape index (κ1) is 17.2. The maximum atomic E-state index is 12.8. The Balaban J connectivity index is 2.21. The maximum Gasteiger partial charge on any atom is 0.305 e. The van der Waals surface area contributed by atoms with E-state index < -0.39 is 5.97 Å². The Labute approximate surface area is 142 Å². The lowest BCUT2D eigenvalue weighted by Gasteiger charge is -2.34. The van der Waals surface area contributed by atoms with Crippen molar-refractivity contribution in [2.45, 2.75) is 25.3 Å². The Hall–Kier alpha value is -1.11. The molecule has 1 amide bonds. The molecule has 120 valence electrons. The predicted octanol–water partition coefficient (Wildman–Crippen LogP) is 3.20. The van der Waals surface area contributed by atoms with Gasteiger partial charge < -0.3 is 14.7 Å². The van der Waals surface area contributed by atoms with Gasteiger partial charge in [-0.15, -0.1) is 0 Å². The Bertz CT molecular complexity index is 560. The third kappa shape index (κ3) is 4.44. The second kappa shape index (κ2) is 7.94. The summed E-state index contributed by atoms with van der Waals surface area (Å²) >= 11 is 9.46. The molecule has 1 aliphatic heterocycles. The van der Waals surface area contributed by atoms with E-state index >= 15 is 0 Å². The van der Waals surface area contributed by atoms with Crippen LogP contribution in [0.1, 0.15) is 29.6 Å². The predicted molar refractivity (Wildman–Crippen MR) is 86.3 cm³/mol. The minimum atomic E-state index is -0.924. The molecule has 1 aliphatic rings. The van der Waals surface area contributed by atoms with E-state index in [4.69, 9.17) is 21.4 Å². The lowest BCUT2D eigenvalue weighted by molar-refractivity contribution is -0.137. The van der Waals surface area contributed by atoms with Crippen LogP contribution >= 0.6 is 27.5 Å². The van der Waals surface area contributed by atoms with Crippen LogP contribution in [-0.2, 0) is 9.53 Å². The molecular formula is C15H17BrClNO4. The molecule has 0 bridgehead atoms. The lowest BCUT2D eigenvalue weighted by Crippen LogP contribution is -2.44. The summed E-state index contributed by atoms with van der Waals surface area (Å²) < 4.78 is 6.10. The van der Waals surface area contributed by atoms with Crippen molar-refractivity contribution < 1.29 is 19.4 Å². The van der Waals surface area contributed by atoms with Crippen molar-refractivity contribution in [3.8, 4) is 0 Å². The van der Waals surface area contributed by atoms with Crippen LogP contribution in [-0.4, -0.2) is 47.7 Å². The molecule has 0 aliphatic carbocycles. The monoisotopic (exact) mass is 389 g/mol. The quantitative estimate of drug-likeness (QED) is 0.838. The van der Waals surface area contributed by atoms with Gasteiger partial charge in [-0.1, -0.05) is 27.5 Å². The van der Waals surface area contributed by atoms with E-state index in [1.54, 1.807) is 23.1 Å². The molecule has 1 saturated heterocycles. The summed E-state index contributed by atoms with van der Waals surface area (Å²) in [5.74, 6) is -1.16. The van der Waals surface area contributed by atoms with Crippen molar-refractivity contribution in [2.75, 3.05) is 19.8 Å². The van der Waals surface area contributed by atoms with Crippen LogP contribution < -0.4 is 0 Å². The Morgan fingerprint density at radius 2 is 2.05 bits per heavy atom. The molecule has 22 heavy (non-hydrogen) atoms. The largest absolute Gasteiger partial charge is 0.481 e. The van der Waals surface area contributed by atoms with Gasteiger partial charge >= 0.3 is 5.97 Å². The molecular weight excluding hydrogens is 374 g/mol. The van der Waals surface area contributed by atoms with Gasteiger partial charge in [-0.3, -0.25) is 9.59 Å². The average molecular weight is 391 g/mol. The van der Waals surface area contributed by atoms with Crippen molar-refractivity contribution in [3.63, 3.8) is 0 Å². The highest BCUT2D eigenvalue weighted by Crippen LogP contribution is 2.25. The fourth-order valence-corrected chi connectivity index (χ4v) is 3.23. The first-order valence-electron chi connectivity index (χ1n) is 7.04. The van der Waals surface area contributed by atoms with Crippen molar-refractivity contribution >= 4 is 39.4 Å². The molecule has 1 fully saturated rings. The van der Waals surface area contributed by atoms with Crippen LogP contribution in [0.4, 0.5) is 0 Å². The normalized spacial score (nSPS) is 15.5. The Morgan fingerprint density at radius 1 is 1.36 bits per heavy atom. The summed E-state index contributed by atoms with van der Waals surface area (Å²) in [5.41, 5.74) is 0.391. The summed E-state index contributed by atoms with van der Waals surface area (Å²) in [6.45, 7) is 1.33. The topological polar surface area (TPSA) is 66.8 Å². The number of hydrogen-bond donors (Lipinski definition) is 1. The van der Waals surface area contributed by atoms with Gasteiger partial charge in [0.2, 0.25) is 0 Å². The smallest absolute Gasteiger partial charge is 0.305 e. The molecule has 0 saturated carbocycles. The molecule has 1 heterocycles. The molecule has 0 atom stereocenters. The summed E-state index contributed by atoms with van der Waals surface area (Å²) in [7, 11) is 0. The van der Waals surface area contributed by atoms with E-state index in [-0.39, 0.29) is 24.9 Å². The van der Waals surface area contributed by atoms with Crippen molar-refractivity contribution in [3.05, 3.63) is 33.3 Å². The van der Waals surface area contributed by atoms with Gasteiger partial charge in [-0.2, -0.15) is 0 Å². The Morgan fingerprint density at radius 3 is 2.64 bits per heavy atom. The van der Waals surface area contributed by atoms with Crippen molar-refractivity contribution in [1.82, 2.24) is 4.90 Å². The first-order valence-corrected chi connectivity index (χ1v) is 8.21. The van der Waals surface area contributed by atoms with Gasteiger partial charge in [0.1, 0.15) is 0 Å². The molecule has 0 aromatic heterocycles. The standard InChI is InChI=1S/C15H17BrClNO4/c16-10-1-2-12(13(17)9-10)15(21)18(6-3-14(19)20)11-4-7-22-8-5-11/h1-2,9,11H,3-8H2,(H,19,20). The van der Waals surface area contributed by atoms with Gasteiger partial charge in [0.15, 0.2) is 0 Å². The number of hydrogen-bond acceptors (Lipinski definition) is 3. The number of nitrogens with zero attached hydrogens (tertiary/aromatic N) is 1. The van der Waals surface area contributed by atoms with E-state index in [1.165, 1.54) is 0 Å². The molecule has 0 unspecified atom stereocenters. The molecule has 7 heteroatoms. The van der Waals surface area contributed by atoms with Crippen LogP contribution in [0.3, 0.4) is 0 Å². The zero-order valence-electron chi connectivity index (χ0n) is 11.9. The number of rotatable bonds is 5. The highest BCUT2D eigenvalue weighted by molar-refractivity contribution is 9.10. The van der Waals surface area contributed by atoms with Gasteiger partial charge in [-0.25, -0.2) is 0 Å². The van der Waals surface area contributed by atoms with E-state index in [1.807, 2.05) is 0 Å². The number of benzene rings is 1. The first-order chi connectivity index (χ1) is 10.5. The number of amides is 1. The molecule has 1 N–H and O–H groups in total. The number of carboxylic acids is 1. The highest BCUT2D eigenvalue weighted by Gasteiger charge is 2.28. The fraction of sp³-hybridized carbons (Fsp3) is 0.467. The van der Waals surface area contributed by atoms with Crippen LogP contribution in [0.5, 0.6) is 0 Å². The number of carbonyl (C=O) groups is 2. The molecule has 2 rings (SSSR count). The second-order valence-corrected chi connectivity index (χ2v) is 6.43. The summed E-state index contributed by atoms with van der Waals surface area (Å²) in [6, 6.07) is 5.05. The summed E-state index contributed by atoms with van der Waals surface area (Å²) in [6.07, 6.45) is 1.33. The molecule has 5 nitrogen and oxygen atoms in total. The molecule has 0 spiro atoms. The third-order valence-corrected chi connectivity index (χ3v) is 4.43. The van der Waals surface area contributed by atoms with Gasteiger partial charge in [0.05, 0.1) is 17.0 Å². The molecule has 1 aromatic rings. The fourth-order valence-electron chi connectivity index (χ4n) is 2.48. The number of ether oxygens (including phenoxy) is 1. The zero-order valence-corrected chi connectivity index (χ0v) is 14.3. The Kier molecular flexibility index (Phi) is 6.23. The number of aliphatic carboxylic acids is 1. The van der Waals surface area contributed by atoms with Crippen LogP contribution in [0.25, 0.3) is 0 Å². The van der Waals surface area contributed by atoms with E-state index in [2.05, 4.69) is 15.9 Å². The average Bonchev–Trinajstić information content (AvgIpc) is 2.48. The third-order valence-electron chi connectivity index (χ3n) is 3.62. The van der Waals surface area contributed by atoms with Gasteiger partial charge in [0, 0.05) is 30.3 Å². The minimum absolute atomic E-state index is 0.0136. The van der Waals surface area contributed by atoms with E-state index in [9.17, 15) is 9.59 Å². The second-order valence-electron chi connectivity index (χ2n) is 5.11. The van der Waals surface area contributed by atoms with Gasteiger partial charge in [0.25, 0.3) is 5.91 Å². The van der Waals surface area contributed by atoms with E-state index in [0.29, 0.717) is 36.6 Å². The number of halogens is 2. The maximum absolute atomic E-state index is 12.8. The number of carboxylic acid groups (broad SMARTS) is 1. The van der Waals surface area contributed by atoms with Gasteiger partial charge in [-0.05, 0) is 31.0 Å². The zero-order chi connectivity index (χ0) is 16.1. The number of carbonyl (C=O) groups excluding carboxylic acids is 1. The highest BCUT2D eigenvalue weighted by atomic mass is 79.9. The van der Waals surface area contributed by atoms with Crippen molar-refractivity contribution in [2.24, 2.45) is 0 Å². The molecule has 1 aromatic carbocycles.